The highest BCUT2D eigenvalue weighted by molar-refractivity contribution is 5.90. The number of aryl methyl sites for hydroxylation is 1. The zero-order chi connectivity index (χ0) is 16.0. The van der Waals surface area contributed by atoms with Crippen LogP contribution >= 0.6 is 0 Å². The third kappa shape index (κ3) is 5.37. The van der Waals surface area contributed by atoms with Crippen LogP contribution in [0.1, 0.15) is 36.3 Å². The number of rotatable bonds is 7. The van der Waals surface area contributed by atoms with Gasteiger partial charge in [0.15, 0.2) is 0 Å². The third-order valence-corrected chi connectivity index (χ3v) is 2.87. The second-order valence-corrected chi connectivity index (χ2v) is 4.67. The SMILES string of the molecule is CCCN(Cc1c(C(=O)OCC)cnn1C)CC(F)(F)F. The second kappa shape index (κ2) is 7.44. The fraction of sp³-hybridized carbons (Fsp3) is 0.692. The van der Waals surface area contributed by atoms with Gasteiger partial charge in [0.1, 0.15) is 5.56 Å². The van der Waals surface area contributed by atoms with E-state index in [-0.39, 0.29) is 25.3 Å². The van der Waals surface area contributed by atoms with Gasteiger partial charge in [0.2, 0.25) is 0 Å². The maximum atomic E-state index is 12.6. The highest BCUT2D eigenvalue weighted by Crippen LogP contribution is 2.19. The quantitative estimate of drug-likeness (QED) is 0.726. The van der Waals surface area contributed by atoms with Crippen molar-refractivity contribution >= 4 is 5.97 Å². The first kappa shape index (κ1) is 17.5. The molecule has 0 N–H and O–H groups in total. The molecule has 0 spiro atoms. The summed E-state index contributed by atoms with van der Waals surface area (Å²) < 4.78 is 44.0. The number of nitrogens with zero attached hydrogens (tertiary/aromatic N) is 3. The Hall–Kier alpha value is -1.57. The minimum absolute atomic E-state index is 0.00199. The number of aromatic nitrogens is 2. The molecule has 0 aromatic carbocycles. The van der Waals surface area contributed by atoms with Gasteiger partial charge in [0.25, 0.3) is 0 Å². The molecule has 0 saturated carbocycles. The highest BCUT2D eigenvalue weighted by Gasteiger charge is 2.31. The molecule has 21 heavy (non-hydrogen) atoms. The van der Waals surface area contributed by atoms with E-state index >= 15 is 0 Å². The van der Waals surface area contributed by atoms with Gasteiger partial charge in [-0.1, -0.05) is 6.92 Å². The Kier molecular flexibility index (Phi) is 6.19. The van der Waals surface area contributed by atoms with E-state index in [4.69, 9.17) is 4.74 Å². The molecule has 0 bridgehead atoms. The standard InChI is InChI=1S/C13H20F3N3O2/c1-4-6-19(9-13(14,15)16)8-11-10(7-17-18(11)3)12(20)21-5-2/h7H,4-6,8-9H2,1-3H3. The maximum Gasteiger partial charge on any atom is 0.401 e. The summed E-state index contributed by atoms with van der Waals surface area (Å²) in [6.07, 6.45) is -2.37. The van der Waals surface area contributed by atoms with Crippen molar-refractivity contribution < 1.29 is 22.7 Å². The summed E-state index contributed by atoms with van der Waals surface area (Å²) in [4.78, 5) is 13.0. The largest absolute Gasteiger partial charge is 0.462 e. The van der Waals surface area contributed by atoms with Gasteiger partial charge >= 0.3 is 12.1 Å². The molecule has 0 radical (unpaired) electrons. The Morgan fingerprint density at radius 1 is 1.43 bits per heavy atom. The minimum atomic E-state index is -4.28. The van der Waals surface area contributed by atoms with Gasteiger partial charge in [-0.3, -0.25) is 9.58 Å². The monoisotopic (exact) mass is 307 g/mol. The lowest BCUT2D eigenvalue weighted by Crippen LogP contribution is -2.35. The predicted octanol–water partition coefficient (Wildman–Crippen LogP) is 2.37. The molecule has 1 aromatic heterocycles. The van der Waals surface area contributed by atoms with Gasteiger partial charge in [-0.05, 0) is 19.9 Å². The number of hydrogen-bond donors (Lipinski definition) is 0. The van der Waals surface area contributed by atoms with Crippen LogP contribution in [0.4, 0.5) is 13.2 Å². The van der Waals surface area contributed by atoms with E-state index in [0.717, 1.165) is 0 Å². The molecule has 0 aliphatic rings. The van der Waals surface area contributed by atoms with E-state index < -0.39 is 18.7 Å². The Morgan fingerprint density at radius 2 is 2.10 bits per heavy atom. The number of carbonyl (C=O) groups excluding carboxylic acids is 1. The molecule has 1 aromatic rings. The molecule has 0 aliphatic carbocycles. The molecule has 8 heteroatoms. The fourth-order valence-corrected chi connectivity index (χ4v) is 2.03. The van der Waals surface area contributed by atoms with E-state index in [0.29, 0.717) is 12.1 Å². The summed E-state index contributed by atoms with van der Waals surface area (Å²) in [7, 11) is 1.59. The van der Waals surface area contributed by atoms with E-state index in [2.05, 4.69) is 5.10 Å². The molecule has 0 saturated heterocycles. The summed E-state index contributed by atoms with van der Waals surface area (Å²) in [5.74, 6) is -0.566. The van der Waals surface area contributed by atoms with Crippen molar-refractivity contribution in [1.82, 2.24) is 14.7 Å². The fourth-order valence-electron chi connectivity index (χ4n) is 2.03. The Bertz CT molecular complexity index is 472. The van der Waals surface area contributed by atoms with Crippen molar-refractivity contribution in [3.05, 3.63) is 17.5 Å². The molecular weight excluding hydrogens is 287 g/mol. The van der Waals surface area contributed by atoms with Gasteiger partial charge in [0, 0.05) is 13.6 Å². The van der Waals surface area contributed by atoms with Crippen molar-refractivity contribution in [3.8, 4) is 0 Å². The van der Waals surface area contributed by atoms with Crippen LogP contribution in [0.2, 0.25) is 0 Å². The molecule has 0 fully saturated rings. The van der Waals surface area contributed by atoms with E-state index in [9.17, 15) is 18.0 Å². The van der Waals surface area contributed by atoms with Crippen molar-refractivity contribution in [3.63, 3.8) is 0 Å². The number of esters is 1. The predicted molar refractivity (Wildman–Crippen MR) is 70.8 cm³/mol. The lowest BCUT2D eigenvalue weighted by atomic mass is 10.2. The first-order valence-electron chi connectivity index (χ1n) is 6.75. The Labute approximate surface area is 121 Å². The van der Waals surface area contributed by atoms with Crippen LogP contribution in [0.5, 0.6) is 0 Å². The zero-order valence-electron chi connectivity index (χ0n) is 12.4. The zero-order valence-corrected chi connectivity index (χ0v) is 12.4. The first-order chi connectivity index (χ1) is 9.78. The molecule has 0 aliphatic heterocycles. The molecule has 1 rings (SSSR count). The lowest BCUT2D eigenvalue weighted by Gasteiger charge is -2.23. The summed E-state index contributed by atoms with van der Waals surface area (Å²) in [6, 6.07) is 0. The molecule has 0 unspecified atom stereocenters. The number of hydrogen-bond acceptors (Lipinski definition) is 4. The van der Waals surface area contributed by atoms with Crippen molar-refractivity contribution in [2.45, 2.75) is 33.0 Å². The normalized spacial score (nSPS) is 12.0. The second-order valence-electron chi connectivity index (χ2n) is 4.67. The average molecular weight is 307 g/mol. The van der Waals surface area contributed by atoms with Gasteiger partial charge in [-0.25, -0.2) is 4.79 Å². The minimum Gasteiger partial charge on any atom is -0.462 e. The maximum absolute atomic E-state index is 12.6. The number of carbonyl (C=O) groups is 1. The van der Waals surface area contributed by atoms with Crippen LogP contribution in [0.25, 0.3) is 0 Å². The summed E-state index contributed by atoms with van der Waals surface area (Å²) in [6.45, 7) is 2.94. The Balaban J connectivity index is 2.92. The van der Waals surface area contributed by atoms with Crippen LogP contribution in [0.3, 0.4) is 0 Å². The highest BCUT2D eigenvalue weighted by atomic mass is 19.4. The van der Waals surface area contributed by atoms with Crippen molar-refractivity contribution in [2.75, 3.05) is 19.7 Å². The van der Waals surface area contributed by atoms with Gasteiger partial charge in [-0.2, -0.15) is 18.3 Å². The van der Waals surface area contributed by atoms with E-state index in [1.807, 2.05) is 0 Å². The summed E-state index contributed by atoms with van der Waals surface area (Å²) in [5.41, 5.74) is 0.633. The number of alkyl halides is 3. The summed E-state index contributed by atoms with van der Waals surface area (Å²) in [5, 5.41) is 3.94. The van der Waals surface area contributed by atoms with Crippen molar-refractivity contribution in [2.24, 2.45) is 7.05 Å². The van der Waals surface area contributed by atoms with Gasteiger partial charge in [0.05, 0.1) is 25.0 Å². The van der Waals surface area contributed by atoms with Gasteiger partial charge in [-0.15, -0.1) is 0 Å². The summed E-state index contributed by atoms with van der Waals surface area (Å²) >= 11 is 0. The number of halogens is 3. The number of ether oxygens (including phenoxy) is 1. The molecule has 120 valence electrons. The molecule has 0 amide bonds. The van der Waals surface area contributed by atoms with Crippen LogP contribution in [-0.2, 0) is 18.3 Å². The van der Waals surface area contributed by atoms with Crippen LogP contribution < -0.4 is 0 Å². The van der Waals surface area contributed by atoms with Crippen LogP contribution in [0.15, 0.2) is 6.20 Å². The van der Waals surface area contributed by atoms with Gasteiger partial charge < -0.3 is 4.74 Å². The topological polar surface area (TPSA) is 47.4 Å². The molecule has 5 nitrogen and oxygen atoms in total. The average Bonchev–Trinajstić information content (AvgIpc) is 2.70. The Morgan fingerprint density at radius 3 is 2.62 bits per heavy atom. The molecular formula is C13H20F3N3O2. The lowest BCUT2D eigenvalue weighted by molar-refractivity contribution is -0.147. The van der Waals surface area contributed by atoms with Crippen LogP contribution in [-0.4, -0.2) is 46.5 Å². The van der Waals surface area contributed by atoms with E-state index in [1.165, 1.54) is 15.8 Å². The van der Waals surface area contributed by atoms with Crippen LogP contribution in [0, 0.1) is 0 Å². The molecule has 0 atom stereocenters. The smallest absolute Gasteiger partial charge is 0.401 e. The van der Waals surface area contributed by atoms with E-state index in [1.54, 1.807) is 20.9 Å². The third-order valence-electron chi connectivity index (χ3n) is 2.87. The molecule has 1 heterocycles. The van der Waals surface area contributed by atoms with Crippen molar-refractivity contribution in [1.29, 1.82) is 0 Å². The first-order valence-corrected chi connectivity index (χ1v) is 6.75.